The lowest BCUT2D eigenvalue weighted by Crippen LogP contribution is -2.16. The van der Waals surface area contributed by atoms with Gasteiger partial charge in [-0.25, -0.2) is 4.98 Å². The van der Waals surface area contributed by atoms with Gasteiger partial charge in [-0.05, 0) is 30.3 Å². The molecule has 0 aliphatic heterocycles. The molecule has 2 N–H and O–H groups in total. The Hall–Kier alpha value is -3.13. The van der Waals surface area contributed by atoms with Gasteiger partial charge in [0.15, 0.2) is 5.13 Å². The fourth-order valence-electron chi connectivity index (χ4n) is 2.40. The molecule has 0 bridgehead atoms. The minimum absolute atomic E-state index is 0.144. The van der Waals surface area contributed by atoms with Crippen LogP contribution in [0.2, 0.25) is 0 Å². The summed E-state index contributed by atoms with van der Waals surface area (Å²) in [5.41, 5.74) is 1.76. The minimum atomic E-state index is -0.215. The first-order valence-corrected chi connectivity index (χ1v) is 8.76. The quantitative estimate of drug-likeness (QED) is 0.698. The van der Waals surface area contributed by atoms with Crippen molar-refractivity contribution in [3.05, 3.63) is 53.8 Å². The van der Waals surface area contributed by atoms with E-state index in [1.165, 1.54) is 25.4 Å². The second-order valence-electron chi connectivity index (χ2n) is 5.53. The molecule has 8 heteroatoms. The summed E-state index contributed by atoms with van der Waals surface area (Å²) < 4.78 is 7.16. The van der Waals surface area contributed by atoms with Gasteiger partial charge in [-0.1, -0.05) is 0 Å². The summed E-state index contributed by atoms with van der Waals surface area (Å²) in [6.45, 7) is 1.42. The Balaban J connectivity index is 1.70. The molecule has 2 aromatic heterocycles. The molecule has 1 aromatic carbocycles. The molecule has 0 saturated carbocycles. The average Bonchev–Trinajstić information content (AvgIpc) is 3.25. The lowest BCUT2D eigenvalue weighted by atomic mass is 10.2. The largest absolute Gasteiger partial charge is 0.495 e. The molecule has 3 aromatic rings. The van der Waals surface area contributed by atoms with Gasteiger partial charge in [-0.15, -0.1) is 11.3 Å². The number of carbonyl (C=O) groups is 2. The van der Waals surface area contributed by atoms with Crippen LogP contribution in [0.4, 0.5) is 11.4 Å². The molecule has 0 aliphatic carbocycles. The van der Waals surface area contributed by atoms with Gasteiger partial charge < -0.3 is 19.9 Å². The van der Waals surface area contributed by atoms with Crippen molar-refractivity contribution in [1.29, 1.82) is 0 Å². The fourth-order valence-corrected chi connectivity index (χ4v) is 3.19. The maximum Gasteiger partial charge on any atom is 0.230 e. The van der Waals surface area contributed by atoms with Crippen molar-refractivity contribution >= 4 is 34.5 Å². The zero-order valence-electron chi connectivity index (χ0n) is 14.4. The van der Waals surface area contributed by atoms with E-state index in [0.717, 1.165) is 5.13 Å². The summed E-state index contributed by atoms with van der Waals surface area (Å²) in [5, 5.41) is 8.16. The molecule has 2 amide bonds. The van der Waals surface area contributed by atoms with Gasteiger partial charge in [0.25, 0.3) is 0 Å². The molecule has 0 radical (unpaired) electrons. The van der Waals surface area contributed by atoms with Crippen LogP contribution >= 0.6 is 11.3 Å². The Morgan fingerprint density at radius 2 is 2.00 bits per heavy atom. The normalized spacial score (nSPS) is 10.4. The van der Waals surface area contributed by atoms with Crippen LogP contribution in [0, 0.1) is 0 Å². The number of aromatic nitrogens is 2. The SMILES string of the molecule is COc1ccc(NC(C)=O)cc1NC(=O)Cc1csc(-n2cccc2)n1. The number of amides is 2. The van der Waals surface area contributed by atoms with Crippen LogP contribution in [-0.2, 0) is 16.0 Å². The predicted molar refractivity (Wildman–Crippen MR) is 101 cm³/mol. The van der Waals surface area contributed by atoms with Gasteiger partial charge in [0, 0.05) is 30.4 Å². The Morgan fingerprint density at radius 1 is 1.23 bits per heavy atom. The van der Waals surface area contributed by atoms with Crippen LogP contribution in [0.5, 0.6) is 5.75 Å². The Kier molecular flexibility index (Phi) is 5.33. The number of nitrogens with one attached hydrogen (secondary N) is 2. The third kappa shape index (κ3) is 4.28. The first-order valence-electron chi connectivity index (χ1n) is 7.88. The summed E-state index contributed by atoms with van der Waals surface area (Å²) in [5.74, 6) is 0.110. The van der Waals surface area contributed by atoms with Crippen LogP contribution in [0.15, 0.2) is 48.1 Å². The molecule has 0 atom stereocenters. The second kappa shape index (κ2) is 7.83. The van der Waals surface area contributed by atoms with Gasteiger partial charge in [0.05, 0.1) is 24.9 Å². The van der Waals surface area contributed by atoms with Crippen LogP contribution in [0.1, 0.15) is 12.6 Å². The highest BCUT2D eigenvalue weighted by Crippen LogP contribution is 2.28. The highest BCUT2D eigenvalue weighted by molar-refractivity contribution is 7.12. The molecule has 26 heavy (non-hydrogen) atoms. The lowest BCUT2D eigenvalue weighted by Gasteiger charge is -2.12. The van der Waals surface area contributed by atoms with Crippen LogP contribution in [0.25, 0.3) is 5.13 Å². The van der Waals surface area contributed by atoms with Crippen molar-refractivity contribution in [2.24, 2.45) is 0 Å². The summed E-state index contributed by atoms with van der Waals surface area (Å²) >= 11 is 1.47. The van der Waals surface area contributed by atoms with E-state index in [1.54, 1.807) is 18.2 Å². The van der Waals surface area contributed by atoms with E-state index in [2.05, 4.69) is 15.6 Å². The maximum absolute atomic E-state index is 12.4. The van der Waals surface area contributed by atoms with Crippen molar-refractivity contribution in [2.75, 3.05) is 17.7 Å². The fraction of sp³-hybridized carbons (Fsp3) is 0.167. The van der Waals surface area contributed by atoms with Crippen molar-refractivity contribution in [1.82, 2.24) is 9.55 Å². The van der Waals surface area contributed by atoms with E-state index >= 15 is 0 Å². The average molecular weight is 370 g/mol. The topological polar surface area (TPSA) is 85.3 Å². The van der Waals surface area contributed by atoms with Crippen molar-refractivity contribution in [2.45, 2.75) is 13.3 Å². The standard InChI is InChI=1S/C18H18N4O3S/c1-12(23)19-13-5-6-16(25-2)15(9-13)21-17(24)10-14-11-26-18(20-14)22-7-3-4-8-22/h3-9,11H,10H2,1-2H3,(H,19,23)(H,21,24). The minimum Gasteiger partial charge on any atom is -0.495 e. The number of nitrogens with zero attached hydrogens (tertiary/aromatic N) is 2. The second-order valence-corrected chi connectivity index (χ2v) is 6.37. The van der Waals surface area contributed by atoms with E-state index < -0.39 is 0 Å². The van der Waals surface area contributed by atoms with Crippen LogP contribution in [-0.4, -0.2) is 28.5 Å². The Labute approximate surface area is 154 Å². The molecule has 0 aliphatic rings. The third-order valence-electron chi connectivity index (χ3n) is 3.50. The van der Waals surface area contributed by atoms with E-state index in [-0.39, 0.29) is 18.2 Å². The van der Waals surface area contributed by atoms with E-state index in [1.807, 2.05) is 34.5 Å². The molecule has 0 saturated heterocycles. The van der Waals surface area contributed by atoms with Crippen molar-refractivity contribution in [3.63, 3.8) is 0 Å². The third-order valence-corrected chi connectivity index (χ3v) is 4.40. The number of carbonyl (C=O) groups excluding carboxylic acids is 2. The number of hydrogen-bond acceptors (Lipinski definition) is 5. The Morgan fingerprint density at radius 3 is 2.69 bits per heavy atom. The van der Waals surface area contributed by atoms with E-state index in [9.17, 15) is 9.59 Å². The molecule has 3 rings (SSSR count). The summed E-state index contributed by atoms with van der Waals surface area (Å²) in [4.78, 5) is 28.1. The molecule has 0 spiro atoms. The summed E-state index contributed by atoms with van der Waals surface area (Å²) in [6.07, 6.45) is 3.95. The monoisotopic (exact) mass is 370 g/mol. The van der Waals surface area contributed by atoms with Crippen LogP contribution < -0.4 is 15.4 Å². The predicted octanol–water partition coefficient (Wildman–Crippen LogP) is 3.08. The number of methoxy groups -OCH3 is 1. The van der Waals surface area contributed by atoms with E-state index in [0.29, 0.717) is 22.8 Å². The summed E-state index contributed by atoms with van der Waals surface area (Å²) in [7, 11) is 1.52. The molecule has 0 fully saturated rings. The maximum atomic E-state index is 12.4. The highest BCUT2D eigenvalue weighted by Gasteiger charge is 2.12. The number of anilines is 2. The number of rotatable bonds is 6. The summed E-state index contributed by atoms with van der Waals surface area (Å²) in [6, 6.07) is 8.89. The zero-order valence-corrected chi connectivity index (χ0v) is 15.2. The smallest absolute Gasteiger partial charge is 0.230 e. The zero-order chi connectivity index (χ0) is 18.5. The molecular formula is C18H18N4O3S. The van der Waals surface area contributed by atoms with Gasteiger partial charge in [-0.2, -0.15) is 0 Å². The van der Waals surface area contributed by atoms with Gasteiger partial charge in [0.2, 0.25) is 11.8 Å². The number of hydrogen-bond donors (Lipinski definition) is 2. The number of thiazole rings is 1. The van der Waals surface area contributed by atoms with Gasteiger partial charge in [-0.3, -0.25) is 9.59 Å². The number of benzene rings is 1. The first-order chi connectivity index (χ1) is 12.5. The molecular weight excluding hydrogens is 352 g/mol. The van der Waals surface area contributed by atoms with Crippen LogP contribution in [0.3, 0.4) is 0 Å². The Bertz CT molecular complexity index is 918. The molecule has 134 valence electrons. The molecule has 7 nitrogen and oxygen atoms in total. The lowest BCUT2D eigenvalue weighted by molar-refractivity contribution is -0.116. The highest BCUT2D eigenvalue weighted by atomic mass is 32.1. The van der Waals surface area contributed by atoms with E-state index in [4.69, 9.17) is 4.74 Å². The van der Waals surface area contributed by atoms with Gasteiger partial charge in [0.1, 0.15) is 5.75 Å². The van der Waals surface area contributed by atoms with Crippen molar-refractivity contribution in [3.8, 4) is 10.9 Å². The first kappa shape index (κ1) is 17.7. The number of ether oxygens (including phenoxy) is 1. The molecule has 2 heterocycles. The van der Waals surface area contributed by atoms with Crippen molar-refractivity contribution < 1.29 is 14.3 Å². The van der Waals surface area contributed by atoms with Gasteiger partial charge >= 0.3 is 0 Å². The molecule has 0 unspecified atom stereocenters.